The van der Waals surface area contributed by atoms with Gasteiger partial charge in [-0.15, -0.1) is 0 Å². The number of anilines is 1. The van der Waals surface area contributed by atoms with Crippen molar-refractivity contribution in [2.75, 3.05) is 39.4 Å². The third-order valence-electron chi connectivity index (χ3n) is 20.9. The van der Waals surface area contributed by atoms with Crippen molar-refractivity contribution in [1.29, 1.82) is 5.26 Å². The van der Waals surface area contributed by atoms with Crippen molar-refractivity contribution in [1.82, 2.24) is 53.9 Å². The van der Waals surface area contributed by atoms with Crippen molar-refractivity contribution in [3.05, 3.63) is 257 Å². The summed E-state index contributed by atoms with van der Waals surface area (Å²) in [5, 5.41) is 19.0. The van der Waals surface area contributed by atoms with Crippen molar-refractivity contribution in [3.63, 3.8) is 0 Å². The Bertz CT molecular complexity index is 5460. The Morgan fingerprint density at radius 3 is 2.05 bits per heavy atom. The van der Waals surface area contributed by atoms with Crippen LogP contribution in [0, 0.1) is 30.1 Å². The molecule has 4 unspecified atom stereocenters. The number of halogens is 2. The molecule has 4 aromatic heterocycles. The molecule has 118 heavy (non-hydrogen) atoms. The summed E-state index contributed by atoms with van der Waals surface area (Å²) in [5.41, 5.74) is 0.113. The predicted octanol–water partition coefficient (Wildman–Crippen LogP) is 14.0. The molecule has 14 rings (SSSR count). The number of carbonyl (C=O) groups excluding carboxylic acids is 2. The number of ether oxygens (including phenoxy) is 6. The van der Waals surface area contributed by atoms with E-state index in [9.17, 15) is 29.2 Å². The molecule has 13 atom stereocenters. The Labute approximate surface area is 690 Å². The first-order valence-electron chi connectivity index (χ1n) is 38.6. The number of imidazole rings is 2. The fraction of sp³-hybridized carbons (Fsp3) is 0.373. The number of aromatic nitrogens is 8. The summed E-state index contributed by atoms with van der Waals surface area (Å²) in [5.74, 6) is -1.88. The summed E-state index contributed by atoms with van der Waals surface area (Å²) < 4.78 is 98.9. The van der Waals surface area contributed by atoms with Crippen LogP contribution in [0.15, 0.2) is 196 Å². The van der Waals surface area contributed by atoms with Gasteiger partial charge in [0.25, 0.3) is 25.6 Å². The maximum absolute atomic E-state index is 17.1. The van der Waals surface area contributed by atoms with E-state index in [1.54, 1.807) is 100 Å². The number of phosphoric ester groups is 1. The quantitative estimate of drug-likeness (QED) is 0.0145. The lowest BCUT2D eigenvalue weighted by molar-refractivity contribution is -0.119. The Morgan fingerprint density at radius 1 is 0.737 bits per heavy atom. The third kappa shape index (κ3) is 18.3. The van der Waals surface area contributed by atoms with Gasteiger partial charge in [0.15, 0.2) is 17.0 Å². The minimum absolute atomic E-state index is 0.000632. The number of amides is 2. The van der Waals surface area contributed by atoms with Crippen molar-refractivity contribution in [2.45, 2.75) is 153 Å². The summed E-state index contributed by atoms with van der Waals surface area (Å²) in [7, 11) is -4.12. The zero-order chi connectivity index (χ0) is 83.1. The number of nitriles is 1. The maximum Gasteiger partial charge on any atom is 0.530 e. The van der Waals surface area contributed by atoms with Crippen LogP contribution in [-0.2, 0) is 52.0 Å². The standard InChI is InChI=1S/C83H90Cl2N14O17P2/c1-48(2)77(100)93-81-92-76-72(80(103)94-81)90-47-98(76)69-41-64(116-118(105,115-62-27-17-16-26-61(62)85)110-44-66-63(40-68(112-66)96-42-51(7)78(101)95-82(96)104)114-117(109-37-19-36-86)99(49(3)4)50(5)6)73(113-69)70(53-22-18-25-57(84)38-53)60-39-67(97-46-89-71-74(87-45-88-75(71)97)91-79(102)52-20-12-10-13-21-52)111-65(60)43-108-83(54-23-14-11-15-24-54,55-28-32-58(106-8)33-29-55)56-30-34-59(107-9)35-31-56/h10-18,20-35,38,42,45-50,60,63-70,73-74H,19,37,39-41,43-44H2,1-9H3,(H,87,88)(H,91,102)(H,95,101,104)(H2,92,93,94,100,103)/t60-,63+,64+,65+,66-,67-,68-,69-,70?,73+,74?,117?,118?/m1/s1. The SMILES string of the molecule is COc1ccc(C(OC[C@@H]2O[C@@H](n3cnc4c3N=CNC4NC(=O)c3ccccc3)C[C@H]2C(c2cccc(Cl)c2)[C@H]2O[C@@H](n3cnc4c(=O)[nH]c(NC(=O)C(C)C)nc43)C[C@@H]2OP(=O)(OC[C@H]2O[C@@H](n3cc(C)c(=O)[nH]c3=O)C[C@@H]2OP(OCCC#N)N(C(C)C)C(C)C)Oc2ccccc2Cl)(c2ccccc2)c2ccc(OC)cc2)cc1. The number of methoxy groups -OCH3 is 2. The molecule has 5 N–H and O–H groups in total. The molecule has 0 spiro atoms. The van der Waals surface area contributed by atoms with Crippen molar-refractivity contribution in [3.8, 4) is 23.3 Å². The van der Waals surface area contributed by atoms with E-state index in [1.807, 2.05) is 123 Å². The van der Waals surface area contributed by atoms with Crippen LogP contribution >= 0.6 is 39.6 Å². The number of nitrogens with zero attached hydrogens (tertiary/aromatic N) is 9. The number of carbonyl (C=O) groups is 2. The maximum atomic E-state index is 17.1. The van der Waals surface area contributed by atoms with E-state index in [0.717, 1.165) is 5.56 Å². The highest BCUT2D eigenvalue weighted by Crippen LogP contribution is 2.59. The molecule has 0 bridgehead atoms. The lowest BCUT2D eigenvalue weighted by Crippen LogP contribution is -2.41. The Morgan fingerprint density at radius 2 is 1.38 bits per heavy atom. The van der Waals surface area contributed by atoms with Gasteiger partial charge < -0.3 is 52.6 Å². The number of hydrogen-bond acceptors (Lipinski definition) is 24. The molecule has 10 aromatic rings. The third-order valence-corrected chi connectivity index (χ3v) is 25.1. The van der Waals surface area contributed by atoms with Gasteiger partial charge >= 0.3 is 13.5 Å². The minimum atomic E-state index is -5.28. The fourth-order valence-electron chi connectivity index (χ4n) is 15.3. The van der Waals surface area contributed by atoms with Crippen LogP contribution in [0.5, 0.6) is 17.2 Å². The number of phosphoric acid groups is 1. The summed E-state index contributed by atoms with van der Waals surface area (Å²) >= 11 is 14.2. The highest BCUT2D eigenvalue weighted by Gasteiger charge is 2.55. The van der Waals surface area contributed by atoms with Gasteiger partial charge in [-0.2, -0.15) is 10.2 Å². The second-order valence-electron chi connectivity index (χ2n) is 29.6. The average molecular weight is 1690 g/mol. The molecule has 0 saturated carbocycles. The van der Waals surface area contributed by atoms with Gasteiger partial charge in [0.05, 0.1) is 88.9 Å². The summed E-state index contributed by atoms with van der Waals surface area (Å²) in [6, 6.07) is 49.0. The molecule has 4 aliphatic heterocycles. The number of fused-ring (bicyclic) bond motifs is 2. The largest absolute Gasteiger partial charge is 0.530 e. The van der Waals surface area contributed by atoms with Crippen LogP contribution in [0.4, 0.5) is 11.8 Å². The van der Waals surface area contributed by atoms with Crippen LogP contribution in [0.25, 0.3) is 11.2 Å². The highest BCUT2D eigenvalue weighted by atomic mass is 35.5. The second-order valence-corrected chi connectivity index (χ2v) is 33.4. The van der Waals surface area contributed by atoms with E-state index in [-0.39, 0.29) is 90.3 Å². The molecule has 618 valence electrons. The Balaban J connectivity index is 0.926. The van der Waals surface area contributed by atoms with Crippen LogP contribution in [-0.4, -0.2) is 138 Å². The van der Waals surface area contributed by atoms with Gasteiger partial charge in [-0.1, -0.05) is 134 Å². The normalized spacial score (nSPS) is 21.5. The van der Waals surface area contributed by atoms with Gasteiger partial charge in [-0.05, 0) is 124 Å². The summed E-state index contributed by atoms with van der Waals surface area (Å²) in [6.07, 6.45) is -4.47. The number of para-hydroxylation sites is 1. The van der Waals surface area contributed by atoms with Gasteiger partial charge in [-0.3, -0.25) is 57.2 Å². The van der Waals surface area contributed by atoms with E-state index in [4.69, 9.17) is 89.2 Å². The van der Waals surface area contributed by atoms with Crippen LogP contribution in [0.3, 0.4) is 0 Å². The van der Waals surface area contributed by atoms with E-state index < -0.39 is 124 Å². The summed E-state index contributed by atoms with van der Waals surface area (Å²) in [4.78, 5) is 92.3. The number of aliphatic imine (C=N–C) groups is 1. The first-order valence-corrected chi connectivity index (χ1v) is 41.9. The number of aromatic amines is 2. The van der Waals surface area contributed by atoms with Crippen LogP contribution in [0.2, 0.25) is 10.0 Å². The number of aryl methyl sites for hydroxylation is 1. The smallest absolute Gasteiger partial charge is 0.497 e. The van der Waals surface area contributed by atoms with E-state index in [1.165, 1.54) is 40.1 Å². The lowest BCUT2D eigenvalue weighted by Gasteiger charge is -2.39. The van der Waals surface area contributed by atoms with Crippen LogP contribution in [0.1, 0.15) is 142 Å². The topological polar surface area (TPSA) is 364 Å². The monoisotopic (exact) mass is 1690 g/mol. The number of benzene rings is 6. The zero-order valence-electron chi connectivity index (χ0n) is 66.0. The predicted molar refractivity (Wildman–Crippen MR) is 440 cm³/mol. The number of hydrogen-bond donors (Lipinski definition) is 5. The van der Waals surface area contributed by atoms with Crippen molar-refractivity contribution in [2.24, 2.45) is 16.8 Å². The molecule has 31 nitrogen and oxygen atoms in total. The number of H-pyrrole nitrogens is 2. The zero-order valence-corrected chi connectivity index (χ0v) is 69.3. The molecule has 4 aliphatic rings. The molecule has 0 aliphatic carbocycles. The first-order chi connectivity index (χ1) is 56.9. The van der Waals surface area contributed by atoms with E-state index in [2.05, 4.69) is 37.0 Å². The van der Waals surface area contributed by atoms with Gasteiger partial charge in [0.2, 0.25) is 11.9 Å². The van der Waals surface area contributed by atoms with Gasteiger partial charge in [0.1, 0.15) is 65.6 Å². The molecule has 3 saturated heterocycles. The molecule has 35 heteroatoms. The number of rotatable bonds is 33. The Kier molecular flexibility index (Phi) is 26.4. The molecule has 8 heterocycles. The van der Waals surface area contributed by atoms with Crippen LogP contribution < -0.4 is 46.8 Å². The highest BCUT2D eigenvalue weighted by molar-refractivity contribution is 7.49. The Hall–Kier alpha value is -10.3. The lowest BCUT2D eigenvalue weighted by atomic mass is 9.76. The second kappa shape index (κ2) is 36.9. The van der Waals surface area contributed by atoms with Gasteiger partial charge in [0, 0.05) is 65.0 Å². The van der Waals surface area contributed by atoms with Gasteiger partial charge in [-0.25, -0.2) is 29.0 Å². The average Bonchev–Trinajstić information content (AvgIpc) is 1.39. The molecular formula is C83H90Cl2N14O17P2. The summed E-state index contributed by atoms with van der Waals surface area (Å²) in [6.45, 7) is 12.0. The molecule has 0 radical (unpaired) electrons. The van der Waals surface area contributed by atoms with Crippen molar-refractivity contribution < 1.29 is 65.2 Å². The van der Waals surface area contributed by atoms with E-state index >= 15 is 4.57 Å². The molecular weight excluding hydrogens is 1600 g/mol. The minimum Gasteiger partial charge on any atom is -0.497 e. The molecule has 2 amide bonds. The molecule has 6 aromatic carbocycles. The van der Waals surface area contributed by atoms with E-state index in [0.29, 0.717) is 50.3 Å². The van der Waals surface area contributed by atoms with Crippen molar-refractivity contribution >= 4 is 80.6 Å². The molecule has 3 fully saturated rings. The first kappa shape index (κ1) is 84.2. The number of nitrogens with one attached hydrogen (secondary N) is 5. The fourth-order valence-corrected chi connectivity index (χ4v) is 18.9.